The number of rotatable bonds is 6. The third kappa shape index (κ3) is 3.18. The van der Waals surface area contributed by atoms with Gasteiger partial charge in [0.15, 0.2) is 0 Å². The normalized spacial score (nSPS) is 14.3. The lowest BCUT2D eigenvalue weighted by Crippen LogP contribution is -2.31. The van der Waals surface area contributed by atoms with Crippen molar-refractivity contribution in [3.8, 4) is 0 Å². The first-order chi connectivity index (χ1) is 12.4. The van der Waals surface area contributed by atoms with Gasteiger partial charge in [-0.1, -0.05) is 11.6 Å². The number of aromatic nitrogens is 1. The molecule has 6 nitrogen and oxygen atoms in total. The Bertz CT molecular complexity index is 856. The second-order valence-electron chi connectivity index (χ2n) is 6.63. The zero-order valence-electron chi connectivity index (χ0n) is 15.0. The van der Waals surface area contributed by atoms with Gasteiger partial charge in [0.1, 0.15) is 5.69 Å². The lowest BCUT2D eigenvalue weighted by Gasteiger charge is -2.23. The number of imide groups is 1. The maximum absolute atomic E-state index is 12.8. The number of anilines is 3. The second-order valence-corrected chi connectivity index (χ2v) is 6.63. The number of nitrogens with two attached hydrogens (primary N) is 1. The Hall–Kier alpha value is -3.15. The molecule has 1 atom stereocenters. The molecule has 1 aromatic heterocycles. The molecule has 26 heavy (non-hydrogen) atoms. The molecule has 134 valence electrons. The van der Waals surface area contributed by atoms with Crippen molar-refractivity contribution in [3.05, 3.63) is 59.9 Å². The number of para-hydroxylation sites is 1. The maximum Gasteiger partial charge on any atom is 0.284 e. The average molecular weight is 350 g/mol. The molecule has 2 amide bonds. The summed E-state index contributed by atoms with van der Waals surface area (Å²) in [5.41, 5.74) is 9.23. The molecule has 2 heterocycles. The minimum absolute atomic E-state index is 0.100. The van der Waals surface area contributed by atoms with Crippen molar-refractivity contribution in [1.29, 1.82) is 0 Å². The van der Waals surface area contributed by atoms with E-state index in [-0.39, 0.29) is 17.6 Å². The molecule has 3 rings (SSSR count). The molecule has 6 heteroatoms. The van der Waals surface area contributed by atoms with E-state index in [2.05, 4.69) is 16.9 Å². The molecule has 0 spiro atoms. The number of hydrogen-bond acceptors (Lipinski definition) is 5. The molecule has 2 aromatic rings. The van der Waals surface area contributed by atoms with E-state index in [4.69, 9.17) is 5.73 Å². The summed E-state index contributed by atoms with van der Waals surface area (Å²) in [5.74, 6) is -0.824. The highest BCUT2D eigenvalue weighted by Crippen LogP contribution is 2.36. The Kier molecular flexibility index (Phi) is 4.75. The third-order valence-electron chi connectivity index (χ3n) is 4.36. The summed E-state index contributed by atoms with van der Waals surface area (Å²) in [7, 11) is 0. The predicted octanol–water partition coefficient (Wildman–Crippen LogP) is 3.62. The number of nitrogens with zero attached hydrogens (tertiary/aromatic N) is 2. The second kappa shape index (κ2) is 7.00. The van der Waals surface area contributed by atoms with Crippen LogP contribution in [0, 0.1) is 0 Å². The van der Waals surface area contributed by atoms with Crippen LogP contribution >= 0.6 is 0 Å². The summed E-state index contributed by atoms with van der Waals surface area (Å²) in [6.45, 7) is 7.94. The van der Waals surface area contributed by atoms with E-state index in [0.717, 1.165) is 23.3 Å². The monoisotopic (exact) mass is 350 g/mol. The number of nitrogens with one attached hydrogen (secondary N) is 1. The summed E-state index contributed by atoms with van der Waals surface area (Å²) in [6, 6.07) is 8.54. The van der Waals surface area contributed by atoms with Crippen molar-refractivity contribution < 1.29 is 9.59 Å². The van der Waals surface area contributed by atoms with Crippen LogP contribution < -0.4 is 16.0 Å². The quantitative estimate of drug-likeness (QED) is 0.472. The number of benzene rings is 1. The van der Waals surface area contributed by atoms with E-state index >= 15 is 0 Å². The number of carbonyl (C=O) groups excluding carboxylic acids is 2. The number of pyridine rings is 1. The van der Waals surface area contributed by atoms with E-state index in [9.17, 15) is 9.59 Å². The number of hydrogen-bond donors (Lipinski definition) is 2. The first-order valence-corrected chi connectivity index (χ1v) is 8.53. The Morgan fingerprint density at radius 3 is 2.73 bits per heavy atom. The van der Waals surface area contributed by atoms with E-state index in [1.165, 1.54) is 6.20 Å². The SMILES string of the molecule is C=C(C)CCC(C)Nc1c(N)cccc1N1C(=O)c2cccnc2C1=O. The molecule has 1 aliphatic rings. The standard InChI is InChI=1S/C20H22N4O2/c1-12(2)9-10-13(3)23-18-15(21)7-4-8-16(18)24-19(25)14-6-5-11-22-17(14)20(24)26/h4-8,11,13,23H,1,9-10,21H2,2-3H3. The number of amides is 2. The van der Waals surface area contributed by atoms with Gasteiger partial charge in [0.25, 0.3) is 11.8 Å². The minimum atomic E-state index is -0.436. The van der Waals surface area contributed by atoms with E-state index < -0.39 is 5.91 Å². The summed E-state index contributed by atoms with van der Waals surface area (Å²) in [4.78, 5) is 30.7. The summed E-state index contributed by atoms with van der Waals surface area (Å²) in [5, 5.41) is 3.35. The van der Waals surface area contributed by atoms with Crippen molar-refractivity contribution in [2.75, 3.05) is 16.0 Å². The van der Waals surface area contributed by atoms with Crippen LogP contribution in [-0.4, -0.2) is 22.8 Å². The molecule has 0 saturated heterocycles. The number of carbonyl (C=O) groups is 2. The van der Waals surface area contributed by atoms with Crippen LogP contribution in [0.25, 0.3) is 0 Å². The van der Waals surface area contributed by atoms with Crippen molar-refractivity contribution in [2.45, 2.75) is 32.7 Å². The van der Waals surface area contributed by atoms with Gasteiger partial charge in [0, 0.05) is 12.2 Å². The Balaban J connectivity index is 1.95. The lowest BCUT2D eigenvalue weighted by atomic mass is 10.1. The van der Waals surface area contributed by atoms with Gasteiger partial charge in [-0.15, -0.1) is 6.58 Å². The highest BCUT2D eigenvalue weighted by molar-refractivity contribution is 6.34. The summed E-state index contributed by atoms with van der Waals surface area (Å²) < 4.78 is 0. The first kappa shape index (κ1) is 17.7. The van der Waals surface area contributed by atoms with Gasteiger partial charge in [-0.3, -0.25) is 14.6 Å². The van der Waals surface area contributed by atoms with Gasteiger partial charge < -0.3 is 11.1 Å². The molecule has 0 aliphatic carbocycles. The van der Waals surface area contributed by atoms with Crippen molar-refractivity contribution in [3.63, 3.8) is 0 Å². The molecule has 0 bridgehead atoms. The van der Waals surface area contributed by atoms with Crippen LogP contribution in [0.2, 0.25) is 0 Å². The molecule has 3 N–H and O–H groups in total. The molecule has 1 aromatic carbocycles. The number of nitrogen functional groups attached to an aromatic ring is 1. The molecule has 0 fully saturated rings. The Morgan fingerprint density at radius 2 is 2.04 bits per heavy atom. The fourth-order valence-electron chi connectivity index (χ4n) is 2.97. The number of fused-ring (bicyclic) bond motifs is 1. The zero-order chi connectivity index (χ0) is 18.8. The van der Waals surface area contributed by atoms with Crippen LogP contribution in [0.15, 0.2) is 48.7 Å². The van der Waals surface area contributed by atoms with Crippen molar-refractivity contribution in [2.24, 2.45) is 0 Å². The molecule has 0 radical (unpaired) electrons. The third-order valence-corrected chi connectivity index (χ3v) is 4.36. The average Bonchev–Trinajstić information content (AvgIpc) is 2.86. The van der Waals surface area contributed by atoms with Gasteiger partial charge in [0.2, 0.25) is 0 Å². The first-order valence-electron chi connectivity index (χ1n) is 8.53. The van der Waals surface area contributed by atoms with E-state index in [1.807, 2.05) is 13.8 Å². The van der Waals surface area contributed by atoms with Crippen molar-refractivity contribution in [1.82, 2.24) is 4.98 Å². The van der Waals surface area contributed by atoms with Gasteiger partial charge in [-0.2, -0.15) is 0 Å². The lowest BCUT2D eigenvalue weighted by molar-refractivity contribution is 0.0925. The Morgan fingerprint density at radius 1 is 1.27 bits per heavy atom. The Labute approximate surface area is 152 Å². The fraction of sp³-hybridized carbons (Fsp3) is 0.250. The number of allylic oxidation sites excluding steroid dienone is 1. The topological polar surface area (TPSA) is 88.3 Å². The van der Waals surface area contributed by atoms with Crippen LogP contribution in [0.4, 0.5) is 17.1 Å². The van der Waals surface area contributed by atoms with Crippen LogP contribution in [0.1, 0.15) is 47.5 Å². The molecular formula is C20H22N4O2. The molecule has 1 aliphatic heterocycles. The predicted molar refractivity (Wildman–Crippen MR) is 103 cm³/mol. The minimum Gasteiger partial charge on any atom is -0.397 e. The molecule has 1 unspecified atom stereocenters. The van der Waals surface area contributed by atoms with Gasteiger partial charge in [-0.05, 0) is 51.0 Å². The van der Waals surface area contributed by atoms with Gasteiger partial charge in [0.05, 0.1) is 22.6 Å². The van der Waals surface area contributed by atoms with Gasteiger partial charge in [-0.25, -0.2) is 4.90 Å². The molecular weight excluding hydrogens is 328 g/mol. The van der Waals surface area contributed by atoms with Crippen LogP contribution in [0.5, 0.6) is 0 Å². The highest BCUT2D eigenvalue weighted by atomic mass is 16.2. The van der Waals surface area contributed by atoms with E-state index in [1.54, 1.807) is 30.3 Å². The van der Waals surface area contributed by atoms with Crippen LogP contribution in [-0.2, 0) is 0 Å². The van der Waals surface area contributed by atoms with Gasteiger partial charge >= 0.3 is 0 Å². The smallest absolute Gasteiger partial charge is 0.284 e. The highest BCUT2D eigenvalue weighted by Gasteiger charge is 2.39. The zero-order valence-corrected chi connectivity index (χ0v) is 15.0. The molecule has 0 saturated carbocycles. The van der Waals surface area contributed by atoms with Crippen LogP contribution in [0.3, 0.4) is 0 Å². The maximum atomic E-state index is 12.8. The summed E-state index contributed by atoms with van der Waals surface area (Å²) in [6.07, 6.45) is 3.26. The largest absolute Gasteiger partial charge is 0.397 e. The summed E-state index contributed by atoms with van der Waals surface area (Å²) >= 11 is 0. The van der Waals surface area contributed by atoms with E-state index in [0.29, 0.717) is 22.6 Å². The van der Waals surface area contributed by atoms with Crippen molar-refractivity contribution >= 4 is 28.9 Å². The fourth-order valence-corrected chi connectivity index (χ4v) is 2.97.